The van der Waals surface area contributed by atoms with Gasteiger partial charge in [-0.15, -0.1) is 0 Å². The van der Waals surface area contributed by atoms with Crippen LogP contribution in [-0.4, -0.2) is 28.7 Å². The number of carbonyl (C=O) groups excluding carboxylic acids is 1. The van der Waals surface area contributed by atoms with Crippen LogP contribution < -0.4 is 11.1 Å². The zero-order chi connectivity index (χ0) is 11.3. The summed E-state index contributed by atoms with van der Waals surface area (Å²) in [5, 5.41) is 9.06. The minimum Gasteiger partial charge on any atom is -0.349 e. The Morgan fingerprint density at radius 3 is 2.93 bits per heavy atom. The van der Waals surface area contributed by atoms with Crippen LogP contribution in [0.1, 0.15) is 30.8 Å². The van der Waals surface area contributed by atoms with Crippen LogP contribution in [0.4, 0.5) is 0 Å². The second-order valence-corrected chi connectivity index (χ2v) is 4.07. The average molecular weight is 210 g/mol. The summed E-state index contributed by atoms with van der Waals surface area (Å²) >= 11 is 0. The summed E-state index contributed by atoms with van der Waals surface area (Å²) in [7, 11) is 0. The first-order chi connectivity index (χ1) is 7.09. The lowest BCUT2D eigenvalue weighted by molar-refractivity contribution is 0.0945. The van der Waals surface area contributed by atoms with Crippen LogP contribution in [0.25, 0.3) is 0 Å². The monoisotopic (exact) mass is 210 g/mol. The van der Waals surface area contributed by atoms with Crippen molar-refractivity contribution in [2.45, 2.75) is 26.3 Å². The average Bonchev–Trinajstić information content (AvgIpc) is 2.65. The molecule has 1 heterocycles. The van der Waals surface area contributed by atoms with E-state index in [1.807, 2.05) is 0 Å². The largest absolute Gasteiger partial charge is 0.349 e. The molecule has 0 aliphatic heterocycles. The second-order valence-electron chi connectivity index (χ2n) is 4.07. The van der Waals surface area contributed by atoms with Gasteiger partial charge in [-0.3, -0.25) is 9.89 Å². The number of rotatable bonds is 5. The summed E-state index contributed by atoms with van der Waals surface area (Å²) in [5.41, 5.74) is 6.30. The number of carbonyl (C=O) groups is 1. The van der Waals surface area contributed by atoms with E-state index in [0.29, 0.717) is 18.2 Å². The maximum absolute atomic E-state index is 11.5. The van der Waals surface area contributed by atoms with Crippen LogP contribution in [0.15, 0.2) is 12.3 Å². The number of hydrogen-bond donors (Lipinski definition) is 3. The van der Waals surface area contributed by atoms with Gasteiger partial charge in [0.1, 0.15) is 5.69 Å². The van der Waals surface area contributed by atoms with Gasteiger partial charge in [0.25, 0.3) is 5.91 Å². The maximum atomic E-state index is 11.5. The van der Waals surface area contributed by atoms with Gasteiger partial charge in [-0.2, -0.15) is 5.10 Å². The van der Waals surface area contributed by atoms with Crippen molar-refractivity contribution in [3.63, 3.8) is 0 Å². The van der Waals surface area contributed by atoms with Crippen molar-refractivity contribution in [2.24, 2.45) is 11.7 Å². The number of nitrogens with one attached hydrogen (secondary N) is 2. The van der Waals surface area contributed by atoms with Crippen molar-refractivity contribution >= 4 is 5.91 Å². The molecule has 15 heavy (non-hydrogen) atoms. The topological polar surface area (TPSA) is 83.8 Å². The zero-order valence-corrected chi connectivity index (χ0v) is 9.16. The van der Waals surface area contributed by atoms with Crippen LogP contribution in [-0.2, 0) is 0 Å². The number of nitrogens with two attached hydrogens (primary N) is 1. The minimum atomic E-state index is -0.160. The summed E-state index contributed by atoms with van der Waals surface area (Å²) in [4.78, 5) is 11.5. The van der Waals surface area contributed by atoms with E-state index in [1.54, 1.807) is 12.3 Å². The molecule has 1 aromatic heterocycles. The van der Waals surface area contributed by atoms with Gasteiger partial charge in [-0.1, -0.05) is 13.8 Å². The van der Waals surface area contributed by atoms with Gasteiger partial charge in [0, 0.05) is 18.8 Å². The summed E-state index contributed by atoms with van der Waals surface area (Å²) < 4.78 is 0. The predicted octanol–water partition coefficient (Wildman–Crippen LogP) is 0.513. The molecule has 0 aromatic carbocycles. The van der Waals surface area contributed by atoms with E-state index in [4.69, 9.17) is 5.73 Å². The number of H-pyrrole nitrogens is 1. The third-order valence-electron chi connectivity index (χ3n) is 2.04. The summed E-state index contributed by atoms with van der Waals surface area (Å²) in [6.45, 7) is 4.71. The molecular formula is C10H18N4O. The van der Waals surface area contributed by atoms with Gasteiger partial charge in [0.2, 0.25) is 0 Å². The van der Waals surface area contributed by atoms with E-state index in [-0.39, 0.29) is 11.9 Å². The Morgan fingerprint density at radius 2 is 2.40 bits per heavy atom. The van der Waals surface area contributed by atoms with E-state index in [0.717, 1.165) is 6.42 Å². The summed E-state index contributed by atoms with van der Waals surface area (Å²) in [6.07, 6.45) is 2.45. The number of nitrogens with zero attached hydrogens (tertiary/aromatic N) is 1. The van der Waals surface area contributed by atoms with Gasteiger partial charge < -0.3 is 11.1 Å². The molecule has 0 radical (unpaired) electrons. The molecule has 1 amide bonds. The Morgan fingerprint density at radius 1 is 1.67 bits per heavy atom. The SMILES string of the molecule is CC(C)CC(N)CNC(=O)c1ccn[nH]1. The highest BCUT2D eigenvalue weighted by molar-refractivity contribution is 5.92. The van der Waals surface area contributed by atoms with Crippen LogP contribution in [0, 0.1) is 5.92 Å². The zero-order valence-electron chi connectivity index (χ0n) is 9.16. The molecule has 1 unspecified atom stereocenters. The smallest absolute Gasteiger partial charge is 0.269 e. The fraction of sp³-hybridized carbons (Fsp3) is 0.600. The van der Waals surface area contributed by atoms with E-state index in [1.165, 1.54) is 0 Å². The predicted molar refractivity (Wildman–Crippen MR) is 58.4 cm³/mol. The molecule has 1 aromatic rings. The van der Waals surface area contributed by atoms with Crippen LogP contribution in [0.2, 0.25) is 0 Å². The molecule has 5 heteroatoms. The van der Waals surface area contributed by atoms with Crippen molar-refractivity contribution in [1.29, 1.82) is 0 Å². The Balaban J connectivity index is 2.28. The number of amides is 1. The van der Waals surface area contributed by atoms with Gasteiger partial charge >= 0.3 is 0 Å². The Kier molecular flexibility index (Phi) is 4.30. The Hall–Kier alpha value is -1.36. The number of aromatic amines is 1. The van der Waals surface area contributed by atoms with Gasteiger partial charge in [-0.05, 0) is 18.4 Å². The van der Waals surface area contributed by atoms with E-state index in [9.17, 15) is 4.79 Å². The lowest BCUT2D eigenvalue weighted by atomic mass is 10.0. The van der Waals surface area contributed by atoms with Crippen molar-refractivity contribution in [2.75, 3.05) is 6.54 Å². The first-order valence-electron chi connectivity index (χ1n) is 5.12. The molecule has 0 fully saturated rings. The molecule has 0 saturated heterocycles. The van der Waals surface area contributed by atoms with E-state index in [2.05, 4.69) is 29.4 Å². The molecular weight excluding hydrogens is 192 g/mol. The van der Waals surface area contributed by atoms with Crippen LogP contribution in [0.5, 0.6) is 0 Å². The van der Waals surface area contributed by atoms with Crippen molar-refractivity contribution in [1.82, 2.24) is 15.5 Å². The second kappa shape index (κ2) is 5.50. The highest BCUT2D eigenvalue weighted by atomic mass is 16.1. The van der Waals surface area contributed by atoms with Crippen LogP contribution >= 0.6 is 0 Å². The number of aromatic nitrogens is 2. The number of hydrogen-bond acceptors (Lipinski definition) is 3. The Labute approximate surface area is 89.4 Å². The maximum Gasteiger partial charge on any atom is 0.269 e. The standard InChI is InChI=1S/C10H18N4O/c1-7(2)5-8(11)6-12-10(15)9-3-4-13-14-9/h3-4,7-8H,5-6,11H2,1-2H3,(H,12,15)(H,13,14). The molecule has 84 valence electrons. The van der Waals surface area contributed by atoms with Gasteiger partial charge in [0.05, 0.1) is 0 Å². The first-order valence-corrected chi connectivity index (χ1v) is 5.12. The fourth-order valence-corrected chi connectivity index (χ4v) is 1.39. The minimum absolute atomic E-state index is 0.0110. The third kappa shape index (κ3) is 4.12. The van der Waals surface area contributed by atoms with Crippen molar-refractivity contribution in [3.8, 4) is 0 Å². The van der Waals surface area contributed by atoms with Crippen molar-refractivity contribution in [3.05, 3.63) is 18.0 Å². The molecule has 1 atom stereocenters. The molecule has 0 spiro atoms. The highest BCUT2D eigenvalue weighted by Gasteiger charge is 2.09. The quantitative estimate of drug-likeness (QED) is 0.662. The molecule has 4 N–H and O–H groups in total. The summed E-state index contributed by atoms with van der Waals surface area (Å²) in [6, 6.07) is 1.64. The third-order valence-corrected chi connectivity index (χ3v) is 2.04. The normalized spacial score (nSPS) is 12.8. The highest BCUT2D eigenvalue weighted by Crippen LogP contribution is 2.01. The molecule has 0 aliphatic carbocycles. The van der Waals surface area contributed by atoms with E-state index >= 15 is 0 Å². The van der Waals surface area contributed by atoms with Gasteiger partial charge in [-0.25, -0.2) is 0 Å². The molecule has 5 nitrogen and oxygen atoms in total. The van der Waals surface area contributed by atoms with E-state index < -0.39 is 0 Å². The van der Waals surface area contributed by atoms with Crippen molar-refractivity contribution < 1.29 is 4.79 Å². The van der Waals surface area contributed by atoms with Gasteiger partial charge in [0.15, 0.2) is 0 Å². The fourth-order valence-electron chi connectivity index (χ4n) is 1.39. The Bertz CT molecular complexity index is 294. The lowest BCUT2D eigenvalue weighted by Gasteiger charge is -2.14. The lowest BCUT2D eigenvalue weighted by Crippen LogP contribution is -2.38. The molecule has 1 rings (SSSR count). The molecule has 0 aliphatic rings. The first kappa shape index (κ1) is 11.7. The van der Waals surface area contributed by atoms with Crippen LogP contribution in [0.3, 0.4) is 0 Å². The molecule has 0 saturated carbocycles. The molecule has 0 bridgehead atoms. The summed E-state index contributed by atoms with van der Waals surface area (Å²) in [5.74, 6) is 0.385.